The molecule has 0 bridgehead atoms. The summed E-state index contributed by atoms with van der Waals surface area (Å²) in [5.74, 6) is -2.06. The van der Waals surface area contributed by atoms with Crippen LogP contribution in [0.4, 0.5) is 0 Å². The molecule has 51 valence electrons. The highest BCUT2D eigenvalue weighted by molar-refractivity contribution is 5.78. The van der Waals surface area contributed by atoms with E-state index in [4.69, 9.17) is 15.0 Å². The molecule has 0 aliphatic carbocycles. The topological polar surface area (TPSA) is 74.6 Å². The molecule has 2 N–H and O–H groups in total. The van der Waals surface area contributed by atoms with Gasteiger partial charge in [0, 0.05) is 6.08 Å². The minimum absolute atomic E-state index is 0.833. The summed E-state index contributed by atoms with van der Waals surface area (Å²) in [7, 11) is 0. The lowest BCUT2D eigenvalue weighted by Crippen LogP contribution is -1.82. The van der Waals surface area contributed by atoms with Crippen molar-refractivity contribution in [3.8, 4) is 0 Å². The Bertz CT molecular complexity index is 112. The molecule has 0 aliphatic heterocycles. The minimum Gasteiger partial charge on any atom is -0.481 e. The first kappa shape index (κ1) is 10.6. The van der Waals surface area contributed by atoms with Crippen molar-refractivity contribution >= 4 is 11.9 Å². The zero-order chi connectivity index (χ0) is 7.86. The van der Waals surface area contributed by atoms with Gasteiger partial charge in [0.05, 0.1) is 6.92 Å². The monoisotopic (exact) mass is 131 g/mol. The number of rotatable bonds is 1. The first-order chi connectivity index (χ1) is 4.00. The number of hydrogen-bond donors (Lipinski definition) is 2. The number of hydrogen-bond acceptors (Lipinski definition) is 2. The van der Waals surface area contributed by atoms with Crippen LogP contribution in [0.15, 0.2) is 12.7 Å². The molecule has 0 aromatic carbocycles. The lowest BCUT2D eigenvalue weighted by Gasteiger charge is -1.64. The van der Waals surface area contributed by atoms with Crippen LogP contribution in [0.1, 0.15) is 0 Å². The quantitative estimate of drug-likeness (QED) is 0.497. The summed E-state index contributed by atoms with van der Waals surface area (Å²) < 4.78 is 0. The van der Waals surface area contributed by atoms with Gasteiger partial charge in [0.25, 0.3) is 0 Å². The molecule has 4 heteroatoms. The summed E-state index contributed by atoms with van der Waals surface area (Å²) >= 11 is 0. The van der Waals surface area contributed by atoms with Crippen molar-refractivity contribution in [1.82, 2.24) is 0 Å². The fourth-order valence-corrected chi connectivity index (χ4v) is 0. The van der Waals surface area contributed by atoms with Crippen LogP contribution in [0.25, 0.3) is 0 Å². The average Bonchev–Trinajstić information content (AvgIpc) is 1.65. The molecule has 0 aromatic rings. The van der Waals surface area contributed by atoms with Crippen LogP contribution in [0.3, 0.4) is 0 Å². The molecule has 0 aliphatic rings. The third-order valence-electron chi connectivity index (χ3n) is 0.175. The molecule has 0 atom stereocenters. The summed E-state index contributed by atoms with van der Waals surface area (Å²) in [5.41, 5.74) is 0. The number of aliphatic carboxylic acids is 2. The average molecular weight is 131 g/mol. The van der Waals surface area contributed by atoms with Crippen LogP contribution in [0.5, 0.6) is 0 Å². The third-order valence-corrected chi connectivity index (χ3v) is 0.175. The molecule has 1 radical (unpaired) electrons. The Morgan fingerprint density at radius 1 is 1.33 bits per heavy atom. The zero-order valence-electron chi connectivity index (χ0n) is 4.70. The Hall–Kier alpha value is -1.32. The van der Waals surface area contributed by atoms with E-state index < -0.39 is 11.9 Å². The number of carbonyl (C=O) groups is 2. The van der Waals surface area contributed by atoms with Crippen LogP contribution in [0, 0.1) is 6.92 Å². The normalized spacial score (nSPS) is 6.33. The van der Waals surface area contributed by atoms with Crippen molar-refractivity contribution in [2.24, 2.45) is 0 Å². The molecule has 4 nitrogen and oxygen atoms in total. The van der Waals surface area contributed by atoms with Crippen LogP contribution in [-0.2, 0) is 9.59 Å². The third kappa shape index (κ3) is 316. The molecule has 0 spiro atoms. The van der Waals surface area contributed by atoms with E-state index in [1.165, 1.54) is 0 Å². The van der Waals surface area contributed by atoms with E-state index >= 15 is 0 Å². The van der Waals surface area contributed by atoms with E-state index in [2.05, 4.69) is 13.5 Å². The zero-order valence-corrected chi connectivity index (χ0v) is 4.70. The van der Waals surface area contributed by atoms with Crippen molar-refractivity contribution in [3.63, 3.8) is 0 Å². The fourth-order valence-electron chi connectivity index (χ4n) is 0. The van der Waals surface area contributed by atoms with E-state index in [1.54, 1.807) is 0 Å². The van der Waals surface area contributed by atoms with Gasteiger partial charge in [-0.15, -0.1) is 0 Å². The molecule has 0 saturated heterocycles. The van der Waals surface area contributed by atoms with Crippen molar-refractivity contribution in [3.05, 3.63) is 19.6 Å². The molecular formula is C5H7O4. The van der Waals surface area contributed by atoms with Gasteiger partial charge in [-0.2, -0.15) is 0 Å². The summed E-state index contributed by atoms with van der Waals surface area (Å²) in [4.78, 5) is 18.1. The summed E-state index contributed by atoms with van der Waals surface area (Å²) in [6.45, 7) is 5.52. The van der Waals surface area contributed by atoms with E-state index in [1.807, 2.05) is 0 Å². The summed E-state index contributed by atoms with van der Waals surface area (Å²) in [6.07, 6.45) is 0.833. The van der Waals surface area contributed by atoms with Crippen LogP contribution in [-0.4, -0.2) is 22.2 Å². The highest BCUT2D eigenvalue weighted by Crippen LogP contribution is 1.54. The lowest BCUT2D eigenvalue weighted by molar-refractivity contribution is -0.132. The molecule has 0 heterocycles. The SMILES string of the molecule is C=CC(=O)O.[CH2]C(=O)O. The highest BCUT2D eigenvalue weighted by atomic mass is 16.4. The van der Waals surface area contributed by atoms with Gasteiger partial charge in [-0.1, -0.05) is 6.58 Å². The molecule has 0 saturated carbocycles. The summed E-state index contributed by atoms with van der Waals surface area (Å²) in [5, 5.41) is 14.9. The number of carboxylic acids is 2. The first-order valence-electron chi connectivity index (χ1n) is 1.91. The Balaban J connectivity index is 0. The van der Waals surface area contributed by atoms with E-state index in [-0.39, 0.29) is 0 Å². The van der Waals surface area contributed by atoms with Gasteiger partial charge >= 0.3 is 11.9 Å². The van der Waals surface area contributed by atoms with Gasteiger partial charge in [-0.3, -0.25) is 4.79 Å². The standard InChI is InChI=1S/C3H4O2.C2H3O2/c1-2-3(4)5;1-2(3)4/h2H,1H2,(H,4,5);1H2,(H,3,4). The van der Waals surface area contributed by atoms with Crippen LogP contribution in [0.2, 0.25) is 0 Å². The van der Waals surface area contributed by atoms with Crippen molar-refractivity contribution in [1.29, 1.82) is 0 Å². The van der Waals surface area contributed by atoms with Gasteiger partial charge in [0.2, 0.25) is 0 Å². The molecule has 0 amide bonds. The molecule has 0 aromatic heterocycles. The van der Waals surface area contributed by atoms with Gasteiger partial charge in [0.1, 0.15) is 0 Å². The smallest absolute Gasteiger partial charge is 0.327 e. The minimum atomic E-state index is -1.08. The molecule has 0 rings (SSSR count). The van der Waals surface area contributed by atoms with Gasteiger partial charge in [-0.05, 0) is 0 Å². The van der Waals surface area contributed by atoms with Gasteiger partial charge in [-0.25, -0.2) is 4.79 Å². The second kappa shape index (κ2) is 6.68. The Morgan fingerprint density at radius 3 is 1.44 bits per heavy atom. The van der Waals surface area contributed by atoms with Gasteiger partial charge < -0.3 is 10.2 Å². The van der Waals surface area contributed by atoms with E-state index in [9.17, 15) is 4.79 Å². The fraction of sp³-hybridized carbons (Fsp3) is 0. The van der Waals surface area contributed by atoms with Crippen molar-refractivity contribution < 1.29 is 19.8 Å². The predicted octanol–water partition coefficient (Wildman–Crippen LogP) is 0.162. The second-order valence-electron chi connectivity index (χ2n) is 0.936. The maximum atomic E-state index is 9.25. The number of carboxylic acid groups (broad SMARTS) is 2. The Morgan fingerprint density at radius 2 is 1.44 bits per heavy atom. The van der Waals surface area contributed by atoms with Crippen LogP contribution < -0.4 is 0 Å². The lowest BCUT2D eigenvalue weighted by atomic mass is 10.7. The second-order valence-corrected chi connectivity index (χ2v) is 0.936. The van der Waals surface area contributed by atoms with E-state index in [0.29, 0.717) is 0 Å². The molecule has 0 fully saturated rings. The molecule has 0 unspecified atom stereocenters. The highest BCUT2D eigenvalue weighted by Gasteiger charge is 1.73. The van der Waals surface area contributed by atoms with Crippen molar-refractivity contribution in [2.45, 2.75) is 0 Å². The molecular weight excluding hydrogens is 124 g/mol. The van der Waals surface area contributed by atoms with Crippen LogP contribution >= 0.6 is 0 Å². The van der Waals surface area contributed by atoms with E-state index in [0.717, 1.165) is 6.08 Å². The first-order valence-corrected chi connectivity index (χ1v) is 1.91. The Labute approximate surface area is 52.4 Å². The molecule has 9 heavy (non-hydrogen) atoms. The van der Waals surface area contributed by atoms with Gasteiger partial charge in [0.15, 0.2) is 0 Å². The Kier molecular flexibility index (Phi) is 7.88. The maximum absolute atomic E-state index is 9.25. The maximum Gasteiger partial charge on any atom is 0.327 e. The predicted molar refractivity (Wildman–Crippen MR) is 30.8 cm³/mol. The largest absolute Gasteiger partial charge is 0.481 e. The summed E-state index contributed by atoms with van der Waals surface area (Å²) in [6, 6.07) is 0. The van der Waals surface area contributed by atoms with Crippen molar-refractivity contribution in [2.75, 3.05) is 0 Å².